The third-order valence-electron chi connectivity index (χ3n) is 2.51. The minimum absolute atomic E-state index is 0.287. The molecule has 0 amide bonds. The van der Waals surface area contributed by atoms with E-state index in [-0.39, 0.29) is 5.60 Å². The van der Waals surface area contributed by atoms with Gasteiger partial charge in [0.1, 0.15) is 10.6 Å². The molecular weight excluding hydrogens is 194 g/mol. The van der Waals surface area contributed by atoms with Crippen molar-refractivity contribution >= 4 is 17.2 Å². The second-order valence-corrected chi connectivity index (χ2v) is 4.07. The molecule has 2 rings (SSSR count). The van der Waals surface area contributed by atoms with E-state index in [9.17, 15) is 0 Å². The van der Waals surface area contributed by atoms with Gasteiger partial charge in [0.15, 0.2) is 0 Å². The van der Waals surface area contributed by atoms with Crippen LogP contribution in [0.4, 0.5) is 0 Å². The molecule has 14 heavy (non-hydrogen) atoms. The first-order chi connectivity index (χ1) is 6.73. The van der Waals surface area contributed by atoms with Crippen LogP contribution in [-0.2, 0) is 11.3 Å². The summed E-state index contributed by atoms with van der Waals surface area (Å²) >= 11 is 4.96. The largest absolute Gasteiger partial charge is 0.391 e. The predicted octanol–water partition coefficient (Wildman–Crippen LogP) is 2.02. The van der Waals surface area contributed by atoms with Gasteiger partial charge in [-0.1, -0.05) is 42.5 Å². The van der Waals surface area contributed by atoms with Gasteiger partial charge in [0.2, 0.25) is 0 Å². The second-order valence-electron chi connectivity index (χ2n) is 3.63. The zero-order valence-electron chi connectivity index (χ0n) is 7.90. The number of benzene rings is 1. The van der Waals surface area contributed by atoms with Crippen LogP contribution < -0.4 is 5.73 Å². The van der Waals surface area contributed by atoms with E-state index in [4.69, 9.17) is 22.7 Å². The van der Waals surface area contributed by atoms with Crippen molar-refractivity contribution in [3.8, 4) is 0 Å². The van der Waals surface area contributed by atoms with E-state index in [1.807, 2.05) is 30.3 Å². The predicted molar refractivity (Wildman–Crippen MR) is 60.0 cm³/mol. The molecule has 0 radical (unpaired) electrons. The second kappa shape index (κ2) is 3.67. The lowest BCUT2D eigenvalue weighted by Gasteiger charge is -2.14. The number of ether oxygens (including phenoxy) is 1. The summed E-state index contributed by atoms with van der Waals surface area (Å²) in [5.41, 5.74) is 6.48. The summed E-state index contributed by atoms with van der Waals surface area (Å²) in [6.07, 6.45) is 1.93. The molecule has 0 atom stereocenters. The first-order valence-corrected chi connectivity index (χ1v) is 5.12. The van der Waals surface area contributed by atoms with Crippen molar-refractivity contribution < 1.29 is 4.74 Å². The summed E-state index contributed by atoms with van der Waals surface area (Å²) in [5, 5.41) is 0. The van der Waals surface area contributed by atoms with Crippen LogP contribution in [0.25, 0.3) is 0 Å². The lowest BCUT2D eigenvalue weighted by molar-refractivity contribution is 0.0679. The van der Waals surface area contributed by atoms with Crippen LogP contribution >= 0.6 is 12.2 Å². The Morgan fingerprint density at radius 2 is 2.00 bits per heavy atom. The Kier molecular flexibility index (Phi) is 2.52. The van der Waals surface area contributed by atoms with Crippen LogP contribution in [0, 0.1) is 0 Å². The van der Waals surface area contributed by atoms with Gasteiger partial charge < -0.3 is 10.5 Å². The molecule has 1 aromatic carbocycles. The minimum atomic E-state index is -0.287. The molecule has 3 heteroatoms. The highest BCUT2D eigenvalue weighted by atomic mass is 32.1. The number of hydrogen-bond donors (Lipinski definition) is 1. The summed E-state index contributed by atoms with van der Waals surface area (Å²) < 4.78 is 5.72. The first-order valence-electron chi connectivity index (χ1n) is 4.71. The van der Waals surface area contributed by atoms with E-state index < -0.39 is 0 Å². The smallest absolute Gasteiger partial charge is 0.118 e. The van der Waals surface area contributed by atoms with Crippen LogP contribution in [0.3, 0.4) is 0 Å². The van der Waals surface area contributed by atoms with Crippen molar-refractivity contribution in [2.45, 2.75) is 25.0 Å². The van der Waals surface area contributed by atoms with E-state index in [1.165, 1.54) is 0 Å². The summed E-state index contributed by atoms with van der Waals surface area (Å²) in [4.78, 5) is 0.494. The fraction of sp³-hybridized carbons (Fsp3) is 0.364. The third-order valence-corrected chi connectivity index (χ3v) is 2.88. The average molecular weight is 207 g/mol. The monoisotopic (exact) mass is 207 g/mol. The number of thiocarbonyl (C=S) groups is 1. The lowest BCUT2D eigenvalue weighted by atomic mass is 10.2. The zero-order chi connectivity index (χ0) is 10.0. The molecule has 1 aliphatic carbocycles. The Bertz CT molecular complexity index is 332. The minimum Gasteiger partial charge on any atom is -0.391 e. The van der Waals surface area contributed by atoms with Gasteiger partial charge in [-0.2, -0.15) is 0 Å². The first kappa shape index (κ1) is 9.62. The van der Waals surface area contributed by atoms with Crippen molar-refractivity contribution in [1.29, 1.82) is 0 Å². The number of hydrogen-bond acceptors (Lipinski definition) is 2. The maximum Gasteiger partial charge on any atom is 0.118 e. The third kappa shape index (κ3) is 1.94. The van der Waals surface area contributed by atoms with Crippen LogP contribution in [0.15, 0.2) is 30.3 Å². The molecule has 0 aliphatic heterocycles. The molecule has 0 unspecified atom stereocenters. The highest BCUT2D eigenvalue weighted by molar-refractivity contribution is 7.80. The van der Waals surface area contributed by atoms with Gasteiger partial charge in [-0.15, -0.1) is 0 Å². The van der Waals surface area contributed by atoms with Gasteiger partial charge in [-0.05, 0) is 18.4 Å². The van der Waals surface area contributed by atoms with Crippen molar-refractivity contribution in [1.82, 2.24) is 0 Å². The molecule has 2 N–H and O–H groups in total. The SMILES string of the molecule is NC(=S)C1(OCc2ccccc2)CC1. The Morgan fingerprint density at radius 3 is 2.50 bits per heavy atom. The summed E-state index contributed by atoms with van der Waals surface area (Å²) in [7, 11) is 0. The average Bonchev–Trinajstić information content (AvgIpc) is 2.97. The Hall–Kier alpha value is -0.930. The van der Waals surface area contributed by atoms with E-state index in [0.717, 1.165) is 18.4 Å². The van der Waals surface area contributed by atoms with E-state index in [2.05, 4.69) is 0 Å². The highest BCUT2D eigenvalue weighted by Crippen LogP contribution is 2.40. The van der Waals surface area contributed by atoms with Gasteiger partial charge in [-0.3, -0.25) is 0 Å². The summed E-state index contributed by atoms with van der Waals surface area (Å²) in [5.74, 6) is 0. The lowest BCUT2D eigenvalue weighted by Crippen LogP contribution is -2.31. The molecule has 1 saturated carbocycles. The molecule has 0 heterocycles. The molecule has 0 spiro atoms. The van der Waals surface area contributed by atoms with E-state index in [1.54, 1.807) is 0 Å². The van der Waals surface area contributed by atoms with Crippen LogP contribution in [0.1, 0.15) is 18.4 Å². The fourth-order valence-corrected chi connectivity index (χ4v) is 1.63. The van der Waals surface area contributed by atoms with Gasteiger partial charge in [0, 0.05) is 0 Å². The van der Waals surface area contributed by atoms with E-state index >= 15 is 0 Å². The van der Waals surface area contributed by atoms with Crippen molar-refractivity contribution in [2.75, 3.05) is 0 Å². The summed E-state index contributed by atoms with van der Waals surface area (Å²) in [6, 6.07) is 10.1. The van der Waals surface area contributed by atoms with Gasteiger partial charge in [0.05, 0.1) is 6.61 Å². The van der Waals surface area contributed by atoms with E-state index in [0.29, 0.717) is 11.6 Å². The number of nitrogens with two attached hydrogens (primary N) is 1. The highest BCUT2D eigenvalue weighted by Gasteiger charge is 2.47. The maximum atomic E-state index is 5.72. The zero-order valence-corrected chi connectivity index (χ0v) is 8.72. The van der Waals surface area contributed by atoms with Crippen LogP contribution in [0.2, 0.25) is 0 Å². The molecule has 0 saturated heterocycles. The normalized spacial score (nSPS) is 17.7. The topological polar surface area (TPSA) is 35.2 Å². The molecule has 74 valence electrons. The molecule has 2 nitrogen and oxygen atoms in total. The standard InChI is InChI=1S/C11H13NOS/c12-10(14)11(6-7-11)13-8-9-4-2-1-3-5-9/h1-5H,6-8H2,(H2,12,14). The number of rotatable bonds is 4. The van der Waals surface area contributed by atoms with Crippen molar-refractivity contribution in [3.05, 3.63) is 35.9 Å². The quantitative estimate of drug-likeness (QED) is 0.767. The van der Waals surface area contributed by atoms with Crippen molar-refractivity contribution in [2.24, 2.45) is 5.73 Å². The molecule has 1 fully saturated rings. The van der Waals surface area contributed by atoms with Gasteiger partial charge >= 0.3 is 0 Å². The Labute approximate surface area is 89.1 Å². The Morgan fingerprint density at radius 1 is 1.36 bits per heavy atom. The van der Waals surface area contributed by atoms with Crippen LogP contribution in [-0.4, -0.2) is 10.6 Å². The molecule has 1 aliphatic rings. The molecule has 0 bridgehead atoms. The van der Waals surface area contributed by atoms with Crippen LogP contribution in [0.5, 0.6) is 0 Å². The summed E-state index contributed by atoms with van der Waals surface area (Å²) in [6.45, 7) is 0.595. The maximum absolute atomic E-state index is 5.72. The fourth-order valence-electron chi connectivity index (χ4n) is 1.37. The van der Waals surface area contributed by atoms with Gasteiger partial charge in [0.25, 0.3) is 0 Å². The van der Waals surface area contributed by atoms with Gasteiger partial charge in [-0.25, -0.2) is 0 Å². The van der Waals surface area contributed by atoms with Crippen molar-refractivity contribution in [3.63, 3.8) is 0 Å². The molecular formula is C11H13NOS. The Balaban J connectivity index is 1.92. The molecule has 0 aromatic heterocycles. The molecule has 1 aromatic rings.